The summed E-state index contributed by atoms with van der Waals surface area (Å²) in [4.78, 5) is 12.9. The van der Waals surface area contributed by atoms with E-state index in [2.05, 4.69) is 27.7 Å². The lowest BCUT2D eigenvalue weighted by atomic mass is 9.82. The van der Waals surface area contributed by atoms with Crippen LogP contribution in [0.3, 0.4) is 0 Å². The van der Waals surface area contributed by atoms with Crippen molar-refractivity contribution in [3.05, 3.63) is 40.4 Å². The van der Waals surface area contributed by atoms with Gasteiger partial charge in [-0.1, -0.05) is 77.6 Å². The highest BCUT2D eigenvalue weighted by atomic mass is 35.5. The molecule has 1 aromatic rings. The third kappa shape index (κ3) is 6.51. The van der Waals surface area contributed by atoms with E-state index in [-0.39, 0.29) is 17.6 Å². The fraction of sp³-hybridized carbons (Fsp3) is 0.571. The normalized spacial score (nSPS) is 14.8. The van der Waals surface area contributed by atoms with E-state index >= 15 is 0 Å². The number of Topliss-reactive ketones (excluding diaryl/α,β-unsaturated/α-hetero) is 1. The number of hydrogen-bond acceptors (Lipinski definition) is 1. The second-order valence-corrected chi connectivity index (χ2v) is 7.38. The van der Waals surface area contributed by atoms with E-state index in [1.165, 1.54) is 19.3 Å². The molecule has 0 amide bonds. The van der Waals surface area contributed by atoms with Gasteiger partial charge in [0.2, 0.25) is 0 Å². The van der Waals surface area contributed by atoms with Crippen LogP contribution in [-0.2, 0) is 4.79 Å². The molecule has 1 nitrogen and oxygen atoms in total. The molecule has 0 aliphatic rings. The third-order valence-corrected chi connectivity index (χ3v) is 4.88. The van der Waals surface area contributed by atoms with Crippen LogP contribution >= 0.6 is 11.6 Å². The number of hydrogen-bond donors (Lipinski definition) is 0. The van der Waals surface area contributed by atoms with Gasteiger partial charge in [0, 0.05) is 10.9 Å². The molecule has 0 aliphatic carbocycles. The molecular formula is C21H31ClO. The van der Waals surface area contributed by atoms with E-state index < -0.39 is 0 Å². The topological polar surface area (TPSA) is 17.1 Å². The van der Waals surface area contributed by atoms with Crippen LogP contribution in [0.4, 0.5) is 0 Å². The van der Waals surface area contributed by atoms with Crippen LogP contribution < -0.4 is 0 Å². The summed E-state index contributed by atoms with van der Waals surface area (Å²) in [5.74, 6) is 0.973. The summed E-state index contributed by atoms with van der Waals surface area (Å²) in [6, 6.07) is 7.73. The van der Waals surface area contributed by atoms with Crippen LogP contribution in [0.5, 0.6) is 0 Å². The molecule has 0 aliphatic heterocycles. The summed E-state index contributed by atoms with van der Waals surface area (Å²) in [7, 11) is 0. The van der Waals surface area contributed by atoms with E-state index in [9.17, 15) is 4.79 Å². The Morgan fingerprint density at radius 3 is 2.43 bits per heavy atom. The molecule has 0 radical (unpaired) electrons. The van der Waals surface area contributed by atoms with Gasteiger partial charge in [-0.25, -0.2) is 0 Å². The molecule has 0 spiro atoms. The van der Waals surface area contributed by atoms with E-state index in [0.717, 1.165) is 17.6 Å². The number of carbonyl (C=O) groups is 1. The monoisotopic (exact) mass is 334 g/mol. The summed E-state index contributed by atoms with van der Waals surface area (Å²) >= 11 is 6.09. The number of ketones is 1. The Labute approximate surface area is 147 Å². The maximum Gasteiger partial charge on any atom is 0.162 e. The standard InChI is InChI=1S/C21H31ClO/c1-6-7-8-10-16(4)20(21(23)17(5)15(2)3)14-18-11-9-12-19(22)13-18/h9,11-17H,6-8,10H2,1-5H3/b20-14+. The Morgan fingerprint density at radius 2 is 1.87 bits per heavy atom. The minimum atomic E-state index is 0.0501. The first-order valence-corrected chi connectivity index (χ1v) is 9.26. The molecule has 0 aromatic heterocycles. The van der Waals surface area contributed by atoms with Crippen molar-refractivity contribution < 1.29 is 4.79 Å². The van der Waals surface area contributed by atoms with Crippen LogP contribution in [-0.4, -0.2) is 5.78 Å². The lowest BCUT2D eigenvalue weighted by Crippen LogP contribution is -2.22. The summed E-state index contributed by atoms with van der Waals surface area (Å²) in [6.07, 6.45) is 6.72. The zero-order valence-corrected chi connectivity index (χ0v) is 16.0. The van der Waals surface area contributed by atoms with E-state index in [4.69, 9.17) is 11.6 Å². The van der Waals surface area contributed by atoms with Gasteiger partial charge < -0.3 is 0 Å². The number of rotatable bonds is 9. The van der Waals surface area contributed by atoms with Gasteiger partial charge in [-0.2, -0.15) is 0 Å². The van der Waals surface area contributed by atoms with Gasteiger partial charge in [0.15, 0.2) is 5.78 Å². The second-order valence-electron chi connectivity index (χ2n) is 6.95. The Balaban J connectivity index is 3.07. The average molecular weight is 335 g/mol. The van der Waals surface area contributed by atoms with Crippen LogP contribution in [0.15, 0.2) is 29.8 Å². The van der Waals surface area contributed by atoms with Crippen molar-refractivity contribution in [3.63, 3.8) is 0 Å². The minimum Gasteiger partial charge on any atom is -0.294 e. The number of benzene rings is 1. The Kier molecular flexibility index (Phi) is 8.62. The first kappa shape index (κ1) is 20.0. The van der Waals surface area contributed by atoms with E-state index in [0.29, 0.717) is 10.9 Å². The van der Waals surface area contributed by atoms with Crippen LogP contribution in [0.2, 0.25) is 5.02 Å². The van der Waals surface area contributed by atoms with Crippen molar-refractivity contribution in [2.45, 2.75) is 60.3 Å². The molecule has 2 unspecified atom stereocenters. The Morgan fingerprint density at radius 1 is 1.17 bits per heavy atom. The van der Waals surface area contributed by atoms with Crippen molar-refractivity contribution in [1.82, 2.24) is 0 Å². The predicted octanol–water partition coefficient (Wildman–Crippen LogP) is 6.80. The molecule has 0 bridgehead atoms. The van der Waals surface area contributed by atoms with E-state index in [1.807, 2.05) is 37.3 Å². The largest absolute Gasteiger partial charge is 0.294 e. The Bertz CT molecular complexity index is 530. The number of unbranched alkanes of at least 4 members (excludes halogenated alkanes) is 2. The van der Waals surface area contributed by atoms with Gasteiger partial charge in [0.25, 0.3) is 0 Å². The fourth-order valence-electron chi connectivity index (χ4n) is 2.65. The van der Waals surface area contributed by atoms with Gasteiger partial charge in [0.1, 0.15) is 0 Å². The quantitative estimate of drug-likeness (QED) is 0.358. The van der Waals surface area contributed by atoms with Crippen molar-refractivity contribution in [2.24, 2.45) is 17.8 Å². The first-order valence-electron chi connectivity index (χ1n) is 8.88. The molecule has 0 N–H and O–H groups in total. The molecule has 0 heterocycles. The summed E-state index contributed by atoms with van der Waals surface area (Å²) in [6.45, 7) is 10.6. The molecular weight excluding hydrogens is 304 g/mol. The fourth-order valence-corrected chi connectivity index (χ4v) is 2.85. The zero-order chi connectivity index (χ0) is 17.4. The number of allylic oxidation sites excluding steroid dienone is 1. The summed E-state index contributed by atoms with van der Waals surface area (Å²) in [5.41, 5.74) is 1.96. The lowest BCUT2D eigenvalue weighted by Gasteiger charge is -2.21. The molecule has 2 atom stereocenters. The van der Waals surface area contributed by atoms with Crippen molar-refractivity contribution >= 4 is 23.5 Å². The highest BCUT2D eigenvalue weighted by Crippen LogP contribution is 2.27. The van der Waals surface area contributed by atoms with Gasteiger partial charge in [0.05, 0.1) is 0 Å². The van der Waals surface area contributed by atoms with Gasteiger partial charge in [-0.3, -0.25) is 4.79 Å². The zero-order valence-electron chi connectivity index (χ0n) is 15.2. The van der Waals surface area contributed by atoms with Crippen molar-refractivity contribution in [1.29, 1.82) is 0 Å². The molecule has 1 aromatic carbocycles. The lowest BCUT2D eigenvalue weighted by molar-refractivity contribution is -0.120. The van der Waals surface area contributed by atoms with Crippen molar-refractivity contribution in [3.8, 4) is 0 Å². The maximum absolute atomic E-state index is 12.9. The smallest absolute Gasteiger partial charge is 0.162 e. The van der Waals surface area contributed by atoms with E-state index in [1.54, 1.807) is 0 Å². The first-order chi connectivity index (χ1) is 10.9. The summed E-state index contributed by atoms with van der Waals surface area (Å²) in [5, 5.41) is 0.709. The third-order valence-electron chi connectivity index (χ3n) is 4.64. The highest BCUT2D eigenvalue weighted by molar-refractivity contribution is 6.30. The predicted molar refractivity (Wildman–Crippen MR) is 102 cm³/mol. The molecule has 23 heavy (non-hydrogen) atoms. The highest BCUT2D eigenvalue weighted by Gasteiger charge is 2.24. The molecule has 1 rings (SSSR count). The average Bonchev–Trinajstić information content (AvgIpc) is 2.51. The van der Waals surface area contributed by atoms with Gasteiger partial charge in [-0.05, 0) is 47.6 Å². The second kappa shape index (κ2) is 9.93. The molecule has 0 saturated heterocycles. The maximum atomic E-state index is 12.9. The van der Waals surface area contributed by atoms with Crippen molar-refractivity contribution in [2.75, 3.05) is 0 Å². The minimum absolute atomic E-state index is 0.0501. The molecule has 0 fully saturated rings. The van der Waals surface area contributed by atoms with Gasteiger partial charge in [-0.15, -0.1) is 0 Å². The number of halogens is 1. The molecule has 128 valence electrons. The summed E-state index contributed by atoms with van der Waals surface area (Å²) < 4.78 is 0. The molecule has 2 heteroatoms. The SMILES string of the molecule is CCCCCC(C)/C(=C\c1cccc(Cl)c1)C(=O)C(C)C(C)C. The molecule has 0 saturated carbocycles. The number of carbonyl (C=O) groups excluding carboxylic acids is 1. The Hall–Kier alpha value is -1.08. The van der Waals surface area contributed by atoms with Crippen LogP contribution in [0.1, 0.15) is 65.9 Å². The van der Waals surface area contributed by atoms with Crippen LogP contribution in [0, 0.1) is 17.8 Å². The van der Waals surface area contributed by atoms with Crippen LogP contribution in [0.25, 0.3) is 6.08 Å². The van der Waals surface area contributed by atoms with Gasteiger partial charge >= 0.3 is 0 Å².